The molecular weight excluding hydrogens is 427 g/mol. The van der Waals surface area contributed by atoms with Crippen molar-refractivity contribution in [2.75, 3.05) is 6.61 Å². The summed E-state index contributed by atoms with van der Waals surface area (Å²) in [4.78, 5) is 24.2. The van der Waals surface area contributed by atoms with Gasteiger partial charge in [-0.15, -0.1) is 0 Å². The number of nitrogens with zero attached hydrogens (tertiary/aromatic N) is 1. The lowest BCUT2D eigenvalue weighted by Crippen LogP contribution is -2.24. The first-order valence-corrected chi connectivity index (χ1v) is 9.54. The predicted molar refractivity (Wildman–Crippen MR) is 116 cm³/mol. The van der Waals surface area contributed by atoms with Gasteiger partial charge in [0.15, 0.2) is 6.61 Å². The second kappa shape index (κ2) is 10.4. The van der Waals surface area contributed by atoms with Gasteiger partial charge in [0.05, 0.1) is 11.8 Å². The van der Waals surface area contributed by atoms with Crippen LogP contribution in [-0.2, 0) is 4.79 Å². The number of hydrogen-bond donors (Lipinski definition) is 1. The number of amides is 1. The summed E-state index contributed by atoms with van der Waals surface area (Å²) in [5.41, 5.74) is 3.22. The van der Waals surface area contributed by atoms with Crippen LogP contribution in [0.3, 0.4) is 0 Å². The summed E-state index contributed by atoms with van der Waals surface area (Å²) in [5.74, 6) is -0.222. The van der Waals surface area contributed by atoms with Crippen molar-refractivity contribution in [2.45, 2.75) is 0 Å². The Hall–Kier alpha value is -3.35. The van der Waals surface area contributed by atoms with Gasteiger partial charge in [-0.1, -0.05) is 41.4 Å². The molecule has 0 atom stereocenters. The normalized spacial score (nSPS) is 10.6. The molecule has 0 spiro atoms. The third-order valence-electron chi connectivity index (χ3n) is 3.76. The summed E-state index contributed by atoms with van der Waals surface area (Å²) in [6, 6.07) is 19.9. The van der Waals surface area contributed by atoms with Crippen LogP contribution in [0.5, 0.6) is 11.5 Å². The molecule has 8 heteroatoms. The topological polar surface area (TPSA) is 77.0 Å². The fourth-order valence-electron chi connectivity index (χ4n) is 2.34. The number of carbonyl (C=O) groups is 2. The SMILES string of the molecule is O=C(COc1cccc(Cl)c1)N/N=C/c1ccccc1OC(=O)c1ccc(Cl)cc1. The van der Waals surface area contributed by atoms with E-state index in [-0.39, 0.29) is 6.61 Å². The van der Waals surface area contributed by atoms with E-state index >= 15 is 0 Å². The Balaban J connectivity index is 1.57. The Morgan fingerprint density at radius 3 is 2.47 bits per heavy atom. The van der Waals surface area contributed by atoms with Crippen LogP contribution in [0.25, 0.3) is 0 Å². The molecule has 0 radical (unpaired) electrons. The van der Waals surface area contributed by atoms with Gasteiger partial charge in [-0.3, -0.25) is 4.79 Å². The minimum Gasteiger partial charge on any atom is -0.484 e. The van der Waals surface area contributed by atoms with Gasteiger partial charge in [0, 0.05) is 15.6 Å². The minimum atomic E-state index is -0.536. The maximum absolute atomic E-state index is 12.3. The summed E-state index contributed by atoms with van der Waals surface area (Å²) < 4.78 is 10.8. The van der Waals surface area contributed by atoms with Gasteiger partial charge in [-0.25, -0.2) is 10.2 Å². The van der Waals surface area contributed by atoms with E-state index in [2.05, 4.69) is 10.5 Å². The molecule has 152 valence electrons. The van der Waals surface area contributed by atoms with E-state index in [1.165, 1.54) is 6.21 Å². The molecule has 0 saturated carbocycles. The van der Waals surface area contributed by atoms with Crippen molar-refractivity contribution < 1.29 is 19.1 Å². The van der Waals surface area contributed by atoms with Gasteiger partial charge in [0.1, 0.15) is 11.5 Å². The maximum atomic E-state index is 12.3. The molecule has 3 aromatic carbocycles. The molecule has 0 fully saturated rings. The van der Waals surface area contributed by atoms with Crippen LogP contribution in [0.15, 0.2) is 77.9 Å². The molecule has 0 saturated heterocycles. The first-order chi connectivity index (χ1) is 14.5. The standard InChI is InChI=1S/C22H16Cl2N2O4/c23-17-10-8-15(9-11-17)22(28)30-20-7-2-1-4-16(20)13-25-26-21(27)14-29-19-6-3-5-18(24)12-19/h1-13H,14H2,(H,26,27)/b25-13+. The van der Waals surface area contributed by atoms with Crippen LogP contribution in [-0.4, -0.2) is 24.7 Å². The molecule has 30 heavy (non-hydrogen) atoms. The third kappa shape index (κ3) is 6.34. The number of benzene rings is 3. The highest BCUT2D eigenvalue weighted by atomic mass is 35.5. The summed E-state index contributed by atoms with van der Waals surface area (Å²) >= 11 is 11.7. The monoisotopic (exact) mass is 442 g/mol. The van der Waals surface area contributed by atoms with Crippen molar-refractivity contribution >= 4 is 41.3 Å². The van der Waals surface area contributed by atoms with Gasteiger partial charge < -0.3 is 9.47 Å². The molecule has 1 N–H and O–H groups in total. The summed E-state index contributed by atoms with van der Waals surface area (Å²) in [6.45, 7) is -0.231. The molecule has 6 nitrogen and oxygen atoms in total. The molecule has 0 aliphatic heterocycles. The Morgan fingerprint density at radius 2 is 1.70 bits per heavy atom. The van der Waals surface area contributed by atoms with Crippen molar-refractivity contribution in [1.29, 1.82) is 0 Å². The molecule has 0 aliphatic rings. The van der Waals surface area contributed by atoms with Crippen LogP contribution in [0.2, 0.25) is 10.0 Å². The highest BCUT2D eigenvalue weighted by molar-refractivity contribution is 6.31. The Kier molecular flexibility index (Phi) is 7.43. The number of hydrazone groups is 1. The molecule has 0 heterocycles. The Bertz CT molecular complexity index is 1070. The molecule has 0 aliphatic carbocycles. The number of esters is 1. The lowest BCUT2D eigenvalue weighted by molar-refractivity contribution is -0.123. The van der Waals surface area contributed by atoms with E-state index in [0.29, 0.717) is 32.7 Å². The smallest absolute Gasteiger partial charge is 0.343 e. The van der Waals surface area contributed by atoms with Gasteiger partial charge in [0.2, 0.25) is 0 Å². The van der Waals surface area contributed by atoms with Crippen LogP contribution < -0.4 is 14.9 Å². The summed E-state index contributed by atoms with van der Waals surface area (Å²) in [5, 5.41) is 4.92. The van der Waals surface area contributed by atoms with Crippen LogP contribution >= 0.6 is 23.2 Å². The van der Waals surface area contributed by atoms with Gasteiger partial charge in [-0.05, 0) is 54.6 Å². The van der Waals surface area contributed by atoms with Crippen LogP contribution in [0.1, 0.15) is 15.9 Å². The van der Waals surface area contributed by atoms with Crippen molar-refractivity contribution in [3.05, 3.63) is 94.0 Å². The highest BCUT2D eigenvalue weighted by Gasteiger charge is 2.11. The third-order valence-corrected chi connectivity index (χ3v) is 4.25. The molecule has 0 bridgehead atoms. The number of ether oxygens (including phenoxy) is 2. The van der Waals surface area contributed by atoms with Crippen molar-refractivity contribution in [3.63, 3.8) is 0 Å². The molecule has 3 aromatic rings. The number of nitrogens with one attached hydrogen (secondary N) is 1. The number of rotatable bonds is 7. The van der Waals surface area contributed by atoms with E-state index in [4.69, 9.17) is 32.7 Å². The average molecular weight is 443 g/mol. The molecular formula is C22H16Cl2N2O4. The summed E-state index contributed by atoms with van der Waals surface area (Å²) in [6.07, 6.45) is 1.38. The average Bonchev–Trinajstić information content (AvgIpc) is 2.74. The number of hydrogen-bond acceptors (Lipinski definition) is 5. The van der Waals surface area contributed by atoms with E-state index < -0.39 is 11.9 Å². The number of carbonyl (C=O) groups excluding carboxylic acids is 2. The zero-order chi connectivity index (χ0) is 21.3. The minimum absolute atomic E-state index is 0.231. The number of para-hydroxylation sites is 1. The molecule has 1 amide bonds. The first kappa shape index (κ1) is 21.4. The van der Waals surface area contributed by atoms with Crippen molar-refractivity contribution in [1.82, 2.24) is 5.43 Å². The fourth-order valence-corrected chi connectivity index (χ4v) is 2.64. The first-order valence-electron chi connectivity index (χ1n) is 8.78. The zero-order valence-corrected chi connectivity index (χ0v) is 17.1. The van der Waals surface area contributed by atoms with Gasteiger partial charge in [0.25, 0.3) is 5.91 Å². The second-order valence-electron chi connectivity index (χ2n) is 5.97. The van der Waals surface area contributed by atoms with E-state index in [9.17, 15) is 9.59 Å². The van der Waals surface area contributed by atoms with E-state index in [0.717, 1.165) is 0 Å². The molecule has 0 aromatic heterocycles. The lowest BCUT2D eigenvalue weighted by atomic mass is 10.2. The van der Waals surface area contributed by atoms with Crippen LogP contribution in [0, 0.1) is 0 Å². The van der Waals surface area contributed by atoms with Gasteiger partial charge >= 0.3 is 5.97 Å². The van der Waals surface area contributed by atoms with Crippen LogP contribution in [0.4, 0.5) is 0 Å². The Labute approximate surface area is 183 Å². The molecule has 0 unspecified atom stereocenters. The second-order valence-corrected chi connectivity index (χ2v) is 6.85. The largest absolute Gasteiger partial charge is 0.484 e. The highest BCUT2D eigenvalue weighted by Crippen LogP contribution is 2.19. The quantitative estimate of drug-likeness (QED) is 0.248. The van der Waals surface area contributed by atoms with Crippen molar-refractivity contribution in [3.8, 4) is 11.5 Å². The van der Waals surface area contributed by atoms with E-state index in [1.807, 2.05) is 0 Å². The Morgan fingerprint density at radius 1 is 0.933 bits per heavy atom. The van der Waals surface area contributed by atoms with Gasteiger partial charge in [-0.2, -0.15) is 5.10 Å². The van der Waals surface area contributed by atoms with E-state index in [1.54, 1.807) is 72.8 Å². The molecule has 3 rings (SSSR count). The zero-order valence-electron chi connectivity index (χ0n) is 15.5. The summed E-state index contributed by atoms with van der Waals surface area (Å²) in [7, 11) is 0. The fraction of sp³-hybridized carbons (Fsp3) is 0.0455. The number of halogens is 2. The maximum Gasteiger partial charge on any atom is 0.343 e. The predicted octanol–water partition coefficient (Wildman–Crippen LogP) is 4.74. The van der Waals surface area contributed by atoms with Crippen molar-refractivity contribution in [2.24, 2.45) is 5.10 Å². The lowest BCUT2D eigenvalue weighted by Gasteiger charge is -2.07.